The van der Waals surface area contributed by atoms with E-state index in [1.54, 1.807) is 12.4 Å². The Bertz CT molecular complexity index is 515. The van der Waals surface area contributed by atoms with Crippen LogP contribution in [0.15, 0.2) is 36.7 Å². The average molecular weight is 248 g/mol. The molecule has 0 radical (unpaired) electrons. The molecule has 0 amide bonds. The van der Waals surface area contributed by atoms with E-state index in [1.165, 1.54) is 0 Å². The Morgan fingerprint density at radius 3 is 2.24 bits per heavy atom. The normalized spacial score (nSPS) is 11.5. The summed E-state index contributed by atoms with van der Waals surface area (Å²) in [6.45, 7) is 3.75. The van der Waals surface area contributed by atoms with E-state index in [2.05, 4.69) is 9.97 Å². The van der Waals surface area contributed by atoms with Gasteiger partial charge in [-0.3, -0.25) is 0 Å². The fourth-order valence-corrected chi connectivity index (χ4v) is 1.74. The first-order valence-electron chi connectivity index (χ1n) is 5.35. The van der Waals surface area contributed by atoms with Gasteiger partial charge < -0.3 is 5.73 Å². The molecule has 2 N–H and O–H groups in total. The summed E-state index contributed by atoms with van der Waals surface area (Å²) >= 11 is 6.11. The van der Waals surface area contributed by atoms with Crippen LogP contribution in [0, 0.1) is 0 Å². The van der Waals surface area contributed by atoms with Crippen molar-refractivity contribution < 1.29 is 0 Å². The number of aromatic nitrogens is 2. The van der Waals surface area contributed by atoms with Gasteiger partial charge in [-0.05, 0) is 19.9 Å². The van der Waals surface area contributed by atoms with E-state index in [-0.39, 0.29) is 0 Å². The quantitative estimate of drug-likeness (QED) is 0.888. The van der Waals surface area contributed by atoms with Crippen molar-refractivity contribution in [1.29, 1.82) is 0 Å². The first-order chi connectivity index (χ1) is 7.98. The molecule has 3 nitrogen and oxygen atoms in total. The van der Waals surface area contributed by atoms with Crippen LogP contribution in [0.1, 0.15) is 19.7 Å². The Kier molecular flexibility index (Phi) is 3.13. The topological polar surface area (TPSA) is 51.8 Å². The lowest BCUT2D eigenvalue weighted by molar-refractivity contribution is 0.514. The average Bonchev–Trinajstić information content (AvgIpc) is 2.29. The van der Waals surface area contributed by atoms with E-state index in [0.717, 1.165) is 11.1 Å². The molecule has 0 atom stereocenters. The zero-order valence-electron chi connectivity index (χ0n) is 9.81. The molecule has 0 fully saturated rings. The fourth-order valence-electron chi connectivity index (χ4n) is 1.50. The van der Waals surface area contributed by atoms with E-state index in [1.807, 2.05) is 38.1 Å². The predicted octanol–water partition coefficient (Wildman–Crippen LogP) is 2.99. The lowest BCUT2D eigenvalue weighted by Gasteiger charge is -2.16. The second kappa shape index (κ2) is 4.43. The minimum absolute atomic E-state index is 0.529. The zero-order valence-corrected chi connectivity index (χ0v) is 10.6. The molecule has 2 aromatic rings. The number of hydrogen-bond acceptors (Lipinski definition) is 3. The van der Waals surface area contributed by atoms with Crippen molar-refractivity contribution in [2.45, 2.75) is 19.4 Å². The molecule has 88 valence electrons. The third kappa shape index (κ3) is 2.62. The molecule has 0 saturated heterocycles. The van der Waals surface area contributed by atoms with Crippen LogP contribution in [-0.4, -0.2) is 9.97 Å². The summed E-state index contributed by atoms with van der Waals surface area (Å²) in [7, 11) is 0. The van der Waals surface area contributed by atoms with Crippen LogP contribution < -0.4 is 5.73 Å². The summed E-state index contributed by atoms with van der Waals surface area (Å²) in [5.74, 6) is 0.619. The molecule has 4 heteroatoms. The zero-order chi connectivity index (χ0) is 12.5. The molecule has 0 bridgehead atoms. The smallest absolute Gasteiger partial charge is 0.147 e. The Morgan fingerprint density at radius 2 is 1.71 bits per heavy atom. The van der Waals surface area contributed by atoms with Gasteiger partial charge in [0.25, 0.3) is 0 Å². The molecular weight excluding hydrogens is 234 g/mol. The van der Waals surface area contributed by atoms with Gasteiger partial charge >= 0.3 is 0 Å². The van der Waals surface area contributed by atoms with Crippen LogP contribution in [0.4, 0.5) is 0 Å². The van der Waals surface area contributed by atoms with Crippen molar-refractivity contribution in [3.63, 3.8) is 0 Å². The maximum atomic E-state index is 6.11. The van der Waals surface area contributed by atoms with Gasteiger partial charge in [-0.15, -0.1) is 0 Å². The highest BCUT2D eigenvalue weighted by molar-refractivity contribution is 6.33. The van der Waals surface area contributed by atoms with Crippen LogP contribution >= 0.6 is 11.6 Å². The minimum Gasteiger partial charge on any atom is -0.319 e. The van der Waals surface area contributed by atoms with Gasteiger partial charge in [0.15, 0.2) is 0 Å². The maximum Gasteiger partial charge on any atom is 0.147 e. The Hall–Kier alpha value is -1.45. The van der Waals surface area contributed by atoms with Crippen molar-refractivity contribution in [3.8, 4) is 11.1 Å². The SMILES string of the molecule is CC(C)(N)c1ncc(-c2ccccc2Cl)cn1. The van der Waals surface area contributed by atoms with Crippen molar-refractivity contribution in [3.05, 3.63) is 47.5 Å². The standard InChI is InChI=1S/C13H14ClN3/c1-13(2,15)12-16-7-9(8-17-12)10-5-3-4-6-11(10)14/h3-8H,15H2,1-2H3. The van der Waals surface area contributed by atoms with Gasteiger partial charge in [-0.2, -0.15) is 0 Å². The largest absolute Gasteiger partial charge is 0.319 e. The molecule has 0 spiro atoms. The number of nitrogens with two attached hydrogens (primary N) is 1. The molecule has 1 heterocycles. The third-order valence-electron chi connectivity index (χ3n) is 2.41. The van der Waals surface area contributed by atoms with Crippen LogP contribution in [0.5, 0.6) is 0 Å². The second-order valence-corrected chi connectivity index (χ2v) is 4.90. The highest BCUT2D eigenvalue weighted by Gasteiger charge is 2.17. The Morgan fingerprint density at radius 1 is 1.12 bits per heavy atom. The first-order valence-corrected chi connectivity index (χ1v) is 5.72. The Balaban J connectivity index is 2.40. The summed E-state index contributed by atoms with van der Waals surface area (Å²) in [5.41, 5.74) is 7.21. The van der Waals surface area contributed by atoms with Crippen molar-refractivity contribution in [2.24, 2.45) is 5.73 Å². The number of benzene rings is 1. The summed E-state index contributed by atoms with van der Waals surface area (Å²) in [5, 5.41) is 0.691. The van der Waals surface area contributed by atoms with E-state index >= 15 is 0 Å². The predicted molar refractivity (Wildman–Crippen MR) is 69.7 cm³/mol. The molecule has 0 aliphatic heterocycles. The van der Waals surface area contributed by atoms with Gasteiger partial charge in [-0.25, -0.2) is 9.97 Å². The van der Waals surface area contributed by atoms with Crippen molar-refractivity contribution >= 4 is 11.6 Å². The van der Waals surface area contributed by atoms with Gasteiger partial charge in [0.05, 0.1) is 5.54 Å². The highest BCUT2D eigenvalue weighted by atomic mass is 35.5. The number of rotatable bonds is 2. The molecule has 0 unspecified atom stereocenters. The number of halogens is 1. The van der Waals surface area contributed by atoms with Crippen LogP contribution in [-0.2, 0) is 5.54 Å². The summed E-state index contributed by atoms with van der Waals surface area (Å²) in [6.07, 6.45) is 3.50. The number of hydrogen-bond donors (Lipinski definition) is 1. The first kappa shape index (κ1) is 12.0. The van der Waals surface area contributed by atoms with Crippen molar-refractivity contribution in [1.82, 2.24) is 9.97 Å². The van der Waals surface area contributed by atoms with Crippen LogP contribution in [0.25, 0.3) is 11.1 Å². The van der Waals surface area contributed by atoms with E-state index < -0.39 is 5.54 Å². The molecule has 2 rings (SSSR count). The lowest BCUT2D eigenvalue weighted by Crippen LogP contribution is -2.31. The Labute approximate surface area is 106 Å². The fraction of sp³-hybridized carbons (Fsp3) is 0.231. The molecular formula is C13H14ClN3. The molecule has 17 heavy (non-hydrogen) atoms. The molecule has 1 aromatic heterocycles. The molecule has 1 aromatic carbocycles. The van der Waals surface area contributed by atoms with Crippen LogP contribution in [0.2, 0.25) is 5.02 Å². The van der Waals surface area contributed by atoms with E-state index in [4.69, 9.17) is 17.3 Å². The summed E-state index contributed by atoms with van der Waals surface area (Å²) in [4.78, 5) is 8.55. The third-order valence-corrected chi connectivity index (χ3v) is 2.74. The lowest BCUT2D eigenvalue weighted by atomic mass is 10.1. The highest BCUT2D eigenvalue weighted by Crippen LogP contribution is 2.26. The van der Waals surface area contributed by atoms with E-state index in [9.17, 15) is 0 Å². The van der Waals surface area contributed by atoms with Crippen molar-refractivity contribution in [2.75, 3.05) is 0 Å². The maximum absolute atomic E-state index is 6.11. The molecule has 0 aliphatic rings. The molecule has 0 saturated carbocycles. The second-order valence-electron chi connectivity index (χ2n) is 4.50. The van der Waals surface area contributed by atoms with Gasteiger partial charge in [0, 0.05) is 28.5 Å². The van der Waals surface area contributed by atoms with E-state index in [0.29, 0.717) is 10.8 Å². The van der Waals surface area contributed by atoms with Gasteiger partial charge in [-0.1, -0.05) is 29.8 Å². The van der Waals surface area contributed by atoms with Gasteiger partial charge in [0.1, 0.15) is 5.82 Å². The summed E-state index contributed by atoms with van der Waals surface area (Å²) < 4.78 is 0. The minimum atomic E-state index is -0.529. The monoisotopic (exact) mass is 247 g/mol. The number of nitrogens with zero attached hydrogens (tertiary/aromatic N) is 2. The van der Waals surface area contributed by atoms with Gasteiger partial charge in [0.2, 0.25) is 0 Å². The summed E-state index contributed by atoms with van der Waals surface area (Å²) in [6, 6.07) is 7.61. The van der Waals surface area contributed by atoms with Crippen LogP contribution in [0.3, 0.4) is 0 Å². The molecule has 0 aliphatic carbocycles.